The molecule has 1 N–H and O–H groups in total. The third-order valence-corrected chi connectivity index (χ3v) is 4.88. The van der Waals surface area contributed by atoms with E-state index in [0.29, 0.717) is 0 Å². The molecule has 1 aromatic carbocycles. The maximum absolute atomic E-state index is 4.58. The first-order valence-electron chi connectivity index (χ1n) is 6.54. The zero-order chi connectivity index (χ0) is 12.4. The SMILES string of the molecule is CNC1(c2nccs2)CCCCc2ccccc21. The highest BCUT2D eigenvalue weighted by atomic mass is 32.1. The van der Waals surface area contributed by atoms with Crippen LogP contribution >= 0.6 is 11.3 Å². The van der Waals surface area contributed by atoms with Gasteiger partial charge < -0.3 is 5.32 Å². The largest absolute Gasteiger partial charge is 0.305 e. The molecular formula is C15H18N2S. The van der Waals surface area contributed by atoms with Gasteiger partial charge in [-0.3, -0.25) is 0 Å². The average molecular weight is 258 g/mol. The van der Waals surface area contributed by atoms with Crippen LogP contribution in [0.25, 0.3) is 0 Å². The molecule has 0 fully saturated rings. The zero-order valence-corrected chi connectivity index (χ0v) is 11.5. The van der Waals surface area contributed by atoms with E-state index in [0.717, 1.165) is 6.42 Å². The molecule has 3 rings (SSSR count). The lowest BCUT2D eigenvalue weighted by atomic mass is 9.85. The highest BCUT2D eigenvalue weighted by Crippen LogP contribution is 2.39. The van der Waals surface area contributed by atoms with Gasteiger partial charge in [0.25, 0.3) is 0 Å². The van der Waals surface area contributed by atoms with Crippen LogP contribution in [0, 0.1) is 0 Å². The van der Waals surface area contributed by atoms with E-state index in [9.17, 15) is 0 Å². The molecule has 0 amide bonds. The summed E-state index contributed by atoms with van der Waals surface area (Å²) < 4.78 is 0. The predicted molar refractivity (Wildman–Crippen MR) is 76.0 cm³/mol. The number of nitrogens with zero attached hydrogens (tertiary/aromatic N) is 1. The molecule has 1 atom stereocenters. The van der Waals surface area contributed by atoms with Crippen LogP contribution in [0.4, 0.5) is 0 Å². The highest BCUT2D eigenvalue weighted by Gasteiger charge is 2.37. The molecule has 1 unspecified atom stereocenters. The smallest absolute Gasteiger partial charge is 0.117 e. The first-order valence-corrected chi connectivity index (χ1v) is 7.42. The number of aryl methyl sites for hydroxylation is 1. The normalized spacial score (nSPS) is 23.4. The van der Waals surface area contributed by atoms with Crippen LogP contribution in [-0.2, 0) is 12.0 Å². The highest BCUT2D eigenvalue weighted by molar-refractivity contribution is 7.09. The monoisotopic (exact) mass is 258 g/mol. The van der Waals surface area contributed by atoms with Gasteiger partial charge in [0.15, 0.2) is 0 Å². The molecule has 0 saturated heterocycles. The second-order valence-electron chi connectivity index (χ2n) is 4.86. The van der Waals surface area contributed by atoms with Crippen LogP contribution in [0.2, 0.25) is 0 Å². The zero-order valence-electron chi connectivity index (χ0n) is 10.6. The summed E-state index contributed by atoms with van der Waals surface area (Å²) in [5, 5.41) is 6.83. The Morgan fingerprint density at radius 3 is 2.94 bits per heavy atom. The first-order chi connectivity index (χ1) is 8.87. The van der Waals surface area contributed by atoms with E-state index in [1.807, 2.05) is 6.20 Å². The molecule has 94 valence electrons. The van der Waals surface area contributed by atoms with Gasteiger partial charge in [-0.15, -0.1) is 11.3 Å². The fourth-order valence-corrected chi connectivity index (χ4v) is 3.91. The minimum absolute atomic E-state index is 0.0821. The molecule has 1 aliphatic carbocycles. The quantitative estimate of drug-likeness (QED) is 0.836. The van der Waals surface area contributed by atoms with Crippen LogP contribution in [0.1, 0.15) is 35.4 Å². The van der Waals surface area contributed by atoms with Gasteiger partial charge in [0.05, 0.1) is 5.54 Å². The lowest BCUT2D eigenvalue weighted by molar-refractivity contribution is 0.396. The van der Waals surface area contributed by atoms with Crippen molar-refractivity contribution in [2.24, 2.45) is 0 Å². The van der Waals surface area contributed by atoms with Crippen molar-refractivity contribution in [3.05, 3.63) is 52.0 Å². The summed E-state index contributed by atoms with van der Waals surface area (Å²) in [4.78, 5) is 4.58. The Kier molecular flexibility index (Phi) is 3.18. The number of hydrogen-bond acceptors (Lipinski definition) is 3. The molecule has 0 spiro atoms. The molecule has 3 heteroatoms. The van der Waals surface area contributed by atoms with Crippen LogP contribution in [-0.4, -0.2) is 12.0 Å². The second-order valence-corrected chi connectivity index (χ2v) is 5.75. The van der Waals surface area contributed by atoms with Crippen LogP contribution in [0.3, 0.4) is 0 Å². The summed E-state index contributed by atoms with van der Waals surface area (Å²) in [7, 11) is 2.06. The van der Waals surface area contributed by atoms with E-state index in [1.165, 1.54) is 35.4 Å². The lowest BCUT2D eigenvalue weighted by Crippen LogP contribution is -2.41. The third-order valence-electron chi connectivity index (χ3n) is 3.95. The fraction of sp³-hybridized carbons (Fsp3) is 0.400. The average Bonchev–Trinajstić information content (AvgIpc) is 2.88. The van der Waals surface area contributed by atoms with Gasteiger partial charge in [-0.05, 0) is 37.4 Å². The predicted octanol–water partition coefficient (Wildman–Crippen LogP) is 3.33. The van der Waals surface area contributed by atoms with Crippen molar-refractivity contribution in [1.29, 1.82) is 0 Å². The van der Waals surface area contributed by atoms with Crippen molar-refractivity contribution >= 4 is 11.3 Å². The van der Waals surface area contributed by atoms with Gasteiger partial charge in [-0.1, -0.05) is 30.7 Å². The van der Waals surface area contributed by atoms with Gasteiger partial charge in [0, 0.05) is 11.6 Å². The van der Waals surface area contributed by atoms with Crippen LogP contribution in [0.15, 0.2) is 35.8 Å². The van der Waals surface area contributed by atoms with Crippen molar-refractivity contribution in [3.8, 4) is 0 Å². The number of thiazole rings is 1. The molecule has 1 aliphatic rings. The molecule has 0 radical (unpaired) electrons. The lowest BCUT2D eigenvalue weighted by Gasteiger charge is -2.32. The summed E-state index contributed by atoms with van der Waals surface area (Å²) in [5.74, 6) is 0. The van der Waals surface area contributed by atoms with Crippen LogP contribution in [0.5, 0.6) is 0 Å². The topological polar surface area (TPSA) is 24.9 Å². The Balaban J connectivity index is 2.20. The van der Waals surface area contributed by atoms with Crippen molar-refractivity contribution in [1.82, 2.24) is 10.3 Å². The molecule has 2 aromatic rings. The number of nitrogens with one attached hydrogen (secondary N) is 1. The van der Waals surface area contributed by atoms with Gasteiger partial charge >= 0.3 is 0 Å². The molecule has 18 heavy (non-hydrogen) atoms. The third kappa shape index (κ3) is 1.78. The second kappa shape index (κ2) is 4.82. The number of fused-ring (bicyclic) bond motifs is 1. The van der Waals surface area contributed by atoms with Crippen LogP contribution < -0.4 is 5.32 Å². The minimum atomic E-state index is -0.0821. The van der Waals surface area contributed by atoms with Crippen molar-refractivity contribution in [2.75, 3.05) is 7.05 Å². The molecule has 0 saturated carbocycles. The Morgan fingerprint density at radius 2 is 2.17 bits per heavy atom. The van der Waals surface area contributed by atoms with E-state index in [1.54, 1.807) is 11.3 Å². The van der Waals surface area contributed by atoms with Crippen molar-refractivity contribution in [2.45, 2.75) is 31.2 Å². The Bertz CT molecular complexity index is 521. The van der Waals surface area contributed by atoms with Gasteiger partial charge in [0.1, 0.15) is 5.01 Å². The summed E-state index contributed by atoms with van der Waals surface area (Å²) >= 11 is 1.75. The maximum atomic E-state index is 4.58. The Hall–Kier alpha value is -1.19. The van der Waals surface area contributed by atoms with E-state index in [4.69, 9.17) is 0 Å². The van der Waals surface area contributed by atoms with E-state index >= 15 is 0 Å². The summed E-state index contributed by atoms with van der Waals surface area (Å²) in [6.45, 7) is 0. The number of benzene rings is 1. The van der Waals surface area contributed by atoms with Crippen molar-refractivity contribution < 1.29 is 0 Å². The molecular weight excluding hydrogens is 240 g/mol. The molecule has 0 aliphatic heterocycles. The van der Waals surface area contributed by atoms with E-state index in [2.05, 4.69) is 47.0 Å². The first kappa shape index (κ1) is 11.9. The van der Waals surface area contributed by atoms with Gasteiger partial charge in [-0.2, -0.15) is 0 Å². The molecule has 0 bridgehead atoms. The van der Waals surface area contributed by atoms with E-state index < -0.39 is 0 Å². The number of rotatable bonds is 2. The summed E-state index contributed by atoms with van der Waals surface area (Å²) in [6.07, 6.45) is 6.74. The Morgan fingerprint density at radius 1 is 1.28 bits per heavy atom. The van der Waals surface area contributed by atoms with Gasteiger partial charge in [0.2, 0.25) is 0 Å². The summed E-state index contributed by atoms with van der Waals surface area (Å²) in [5.41, 5.74) is 2.81. The summed E-state index contributed by atoms with van der Waals surface area (Å²) in [6, 6.07) is 8.81. The number of hydrogen-bond donors (Lipinski definition) is 1. The van der Waals surface area contributed by atoms with Gasteiger partial charge in [-0.25, -0.2) is 4.98 Å². The molecule has 1 aromatic heterocycles. The number of aromatic nitrogens is 1. The molecule has 1 heterocycles. The van der Waals surface area contributed by atoms with Crippen molar-refractivity contribution in [3.63, 3.8) is 0 Å². The minimum Gasteiger partial charge on any atom is -0.305 e. The standard InChI is InChI=1S/C15H18N2S/c1-16-15(14-17-10-11-18-14)9-5-4-7-12-6-2-3-8-13(12)15/h2-3,6,8,10-11,16H,4-5,7,9H2,1H3. The van der Waals surface area contributed by atoms with E-state index in [-0.39, 0.29) is 5.54 Å². The fourth-order valence-electron chi connectivity index (χ4n) is 3.02. The molecule has 2 nitrogen and oxygen atoms in total. The maximum Gasteiger partial charge on any atom is 0.117 e. The Labute approximate surface area is 112 Å².